The van der Waals surface area contributed by atoms with Crippen LogP contribution in [-0.2, 0) is 0 Å². The second kappa shape index (κ2) is 5.54. The fraction of sp³-hybridized carbons (Fsp3) is 0.462. The Kier molecular flexibility index (Phi) is 3.60. The van der Waals surface area contributed by atoms with Crippen LogP contribution in [0, 0.1) is 5.82 Å². The molecule has 3 heterocycles. The van der Waals surface area contributed by atoms with Crippen LogP contribution in [0.15, 0.2) is 23.6 Å². The number of aromatic nitrogens is 1. The van der Waals surface area contributed by atoms with Crippen LogP contribution in [0.5, 0.6) is 0 Å². The van der Waals surface area contributed by atoms with E-state index in [4.69, 9.17) is 0 Å². The summed E-state index contributed by atoms with van der Waals surface area (Å²) in [6, 6.07) is 1.01. The van der Waals surface area contributed by atoms with E-state index in [0.29, 0.717) is 25.1 Å². The van der Waals surface area contributed by atoms with Crippen molar-refractivity contribution in [3.05, 3.63) is 29.8 Å². The second-order valence-electron chi connectivity index (χ2n) is 4.85. The number of carbonyl (C=O) groups excluding carboxylic acids is 1. The van der Waals surface area contributed by atoms with Crippen molar-refractivity contribution in [3.8, 4) is 0 Å². The third-order valence-electron chi connectivity index (χ3n) is 3.52. The van der Waals surface area contributed by atoms with Crippen LogP contribution in [0.3, 0.4) is 0 Å². The molecule has 1 N–H and O–H groups in total. The molecule has 0 aliphatic carbocycles. The molecule has 6 nitrogen and oxygen atoms in total. The van der Waals surface area contributed by atoms with Gasteiger partial charge in [-0.15, -0.1) is 0 Å². The zero-order valence-electron chi connectivity index (χ0n) is 11.0. The van der Waals surface area contributed by atoms with Gasteiger partial charge in [-0.2, -0.15) is 5.10 Å². The third-order valence-corrected chi connectivity index (χ3v) is 3.52. The molecule has 1 fully saturated rings. The first-order chi connectivity index (χ1) is 9.75. The Labute approximate surface area is 116 Å². The molecule has 0 radical (unpaired) electrons. The van der Waals surface area contributed by atoms with Gasteiger partial charge in [0, 0.05) is 45.0 Å². The summed E-state index contributed by atoms with van der Waals surface area (Å²) in [7, 11) is 0. The zero-order chi connectivity index (χ0) is 13.9. The van der Waals surface area contributed by atoms with Gasteiger partial charge in [0.05, 0.1) is 12.2 Å². The molecule has 0 saturated carbocycles. The molecule has 106 valence electrons. The molecular weight excluding hydrogens is 261 g/mol. The largest absolute Gasteiger partial charge is 0.341 e. The van der Waals surface area contributed by atoms with Crippen LogP contribution in [0.1, 0.15) is 18.0 Å². The maximum atomic E-state index is 13.3. The van der Waals surface area contributed by atoms with E-state index in [9.17, 15) is 9.18 Å². The molecule has 0 bridgehead atoms. The second-order valence-corrected chi connectivity index (χ2v) is 4.85. The van der Waals surface area contributed by atoms with Crippen molar-refractivity contribution >= 4 is 12.2 Å². The minimum absolute atomic E-state index is 0.130. The van der Waals surface area contributed by atoms with Gasteiger partial charge in [0.1, 0.15) is 5.82 Å². The Hall–Kier alpha value is -2.02. The number of hydrazone groups is 1. The lowest BCUT2D eigenvalue weighted by Crippen LogP contribution is -2.50. The van der Waals surface area contributed by atoms with Gasteiger partial charge in [-0.1, -0.05) is 0 Å². The lowest BCUT2D eigenvalue weighted by atomic mass is 10.1. The van der Waals surface area contributed by atoms with E-state index in [2.05, 4.69) is 15.4 Å². The van der Waals surface area contributed by atoms with E-state index < -0.39 is 5.82 Å². The lowest BCUT2D eigenvalue weighted by Gasteiger charge is -2.32. The maximum absolute atomic E-state index is 13.3. The number of hydrogen-bond acceptors (Lipinski definition) is 4. The highest BCUT2D eigenvalue weighted by atomic mass is 19.1. The molecular formula is C13H16FN5O. The molecule has 2 amide bonds. The number of urea groups is 1. The van der Waals surface area contributed by atoms with Crippen LogP contribution in [-0.4, -0.2) is 53.3 Å². The smallest absolute Gasteiger partial charge is 0.321 e. The number of rotatable bonds is 1. The van der Waals surface area contributed by atoms with Crippen molar-refractivity contribution < 1.29 is 9.18 Å². The summed E-state index contributed by atoms with van der Waals surface area (Å²) < 4.78 is 13.3. The van der Waals surface area contributed by atoms with Crippen LogP contribution in [0.25, 0.3) is 0 Å². The average molecular weight is 277 g/mol. The highest BCUT2D eigenvalue weighted by Gasteiger charge is 2.32. The van der Waals surface area contributed by atoms with E-state index >= 15 is 0 Å². The van der Waals surface area contributed by atoms with Gasteiger partial charge in [0.25, 0.3) is 0 Å². The van der Waals surface area contributed by atoms with E-state index in [0.717, 1.165) is 19.3 Å². The molecule has 20 heavy (non-hydrogen) atoms. The van der Waals surface area contributed by atoms with Crippen LogP contribution < -0.4 is 5.32 Å². The summed E-state index contributed by atoms with van der Waals surface area (Å²) in [6.45, 7) is 2.91. The standard InChI is InChI=1S/C13H16FN5O/c14-11-7-10(8-16-9-11)12-1-2-17-19(12)13(20)18-5-3-15-4-6-18/h2,7-9,12,15H,1,3-6H2. The SMILES string of the molecule is O=C(N1CCNCC1)N1N=CCC1c1cncc(F)c1. The van der Waals surface area contributed by atoms with E-state index in [1.807, 2.05) is 0 Å². The summed E-state index contributed by atoms with van der Waals surface area (Å²) in [5.41, 5.74) is 0.672. The first-order valence-electron chi connectivity index (χ1n) is 6.67. The molecule has 2 aliphatic heterocycles. The molecule has 1 aromatic heterocycles. The molecule has 0 spiro atoms. The average Bonchev–Trinajstić information content (AvgIpc) is 2.97. The highest BCUT2D eigenvalue weighted by Crippen LogP contribution is 2.29. The van der Waals surface area contributed by atoms with Crippen LogP contribution in [0.2, 0.25) is 0 Å². The van der Waals surface area contributed by atoms with Gasteiger partial charge in [0.2, 0.25) is 0 Å². The minimum atomic E-state index is -0.399. The molecule has 3 rings (SSSR count). The van der Waals surface area contributed by atoms with E-state index in [1.54, 1.807) is 17.3 Å². The number of pyridine rings is 1. The quantitative estimate of drug-likeness (QED) is 0.832. The summed E-state index contributed by atoms with van der Waals surface area (Å²) >= 11 is 0. The molecule has 1 atom stereocenters. The van der Waals surface area contributed by atoms with Gasteiger partial charge in [-0.05, 0) is 11.6 Å². The first-order valence-corrected chi connectivity index (χ1v) is 6.67. The van der Waals surface area contributed by atoms with Crippen molar-refractivity contribution in [1.29, 1.82) is 0 Å². The maximum Gasteiger partial charge on any atom is 0.341 e. The summed E-state index contributed by atoms with van der Waals surface area (Å²) in [6.07, 6.45) is 5.01. The number of hydrogen-bond donors (Lipinski definition) is 1. The third kappa shape index (κ3) is 2.49. The normalized spacial score (nSPS) is 22.4. The van der Waals surface area contributed by atoms with Gasteiger partial charge in [-0.3, -0.25) is 4.98 Å². The summed E-state index contributed by atoms with van der Waals surface area (Å²) in [5.74, 6) is -0.399. The lowest BCUT2D eigenvalue weighted by molar-refractivity contribution is 0.136. The molecule has 0 aromatic carbocycles. The number of piperazine rings is 1. The summed E-state index contributed by atoms with van der Waals surface area (Å²) in [5, 5.41) is 8.78. The van der Waals surface area contributed by atoms with Crippen molar-refractivity contribution in [2.24, 2.45) is 5.10 Å². The van der Waals surface area contributed by atoms with Gasteiger partial charge in [-0.25, -0.2) is 14.2 Å². The number of nitrogens with zero attached hydrogens (tertiary/aromatic N) is 4. The van der Waals surface area contributed by atoms with Gasteiger partial charge in [0.15, 0.2) is 0 Å². The Bertz CT molecular complexity index is 529. The number of nitrogens with one attached hydrogen (secondary N) is 1. The van der Waals surface area contributed by atoms with Crippen molar-refractivity contribution in [1.82, 2.24) is 20.2 Å². The molecule has 7 heteroatoms. The topological polar surface area (TPSA) is 60.8 Å². The molecule has 1 unspecified atom stereocenters. The van der Waals surface area contributed by atoms with E-state index in [-0.39, 0.29) is 12.1 Å². The highest BCUT2D eigenvalue weighted by molar-refractivity contribution is 5.78. The van der Waals surface area contributed by atoms with Crippen molar-refractivity contribution in [3.63, 3.8) is 0 Å². The Morgan fingerprint density at radius 2 is 2.15 bits per heavy atom. The van der Waals surface area contributed by atoms with Crippen molar-refractivity contribution in [2.45, 2.75) is 12.5 Å². The molecule has 1 aromatic rings. The van der Waals surface area contributed by atoms with Crippen molar-refractivity contribution in [2.75, 3.05) is 26.2 Å². The fourth-order valence-corrected chi connectivity index (χ4v) is 2.49. The van der Waals surface area contributed by atoms with Crippen LogP contribution in [0.4, 0.5) is 9.18 Å². The van der Waals surface area contributed by atoms with Gasteiger partial charge < -0.3 is 10.2 Å². The predicted octanol–water partition coefficient (Wildman–Crippen LogP) is 0.978. The molecule has 1 saturated heterocycles. The fourth-order valence-electron chi connectivity index (χ4n) is 2.49. The Morgan fingerprint density at radius 3 is 2.90 bits per heavy atom. The first kappa shape index (κ1) is 13.0. The number of carbonyl (C=O) groups is 1. The van der Waals surface area contributed by atoms with E-state index in [1.165, 1.54) is 11.1 Å². The van der Waals surface area contributed by atoms with Crippen LogP contribution >= 0.6 is 0 Å². The number of amides is 2. The zero-order valence-corrected chi connectivity index (χ0v) is 11.0. The predicted molar refractivity (Wildman–Crippen MR) is 71.7 cm³/mol. The van der Waals surface area contributed by atoms with Gasteiger partial charge >= 0.3 is 6.03 Å². The summed E-state index contributed by atoms with van der Waals surface area (Å²) in [4.78, 5) is 18.1. The molecule has 2 aliphatic rings. The number of halogens is 1. The minimum Gasteiger partial charge on any atom is -0.321 e. The monoisotopic (exact) mass is 277 g/mol. The Morgan fingerprint density at radius 1 is 1.35 bits per heavy atom. The Balaban J connectivity index is 1.77.